The number of benzene rings is 2. The molecule has 0 spiro atoms. The summed E-state index contributed by atoms with van der Waals surface area (Å²) in [6, 6.07) is 18.1. The van der Waals surface area contributed by atoms with Crippen LogP contribution in [0.15, 0.2) is 60.7 Å². The van der Waals surface area contributed by atoms with E-state index in [1.807, 2.05) is 60.7 Å². The standard InChI is InChI=1S/C25H25F3N4O2/c26-25(27,28)19-18-20(15-11-13-29-14-12-15)31-32(23(18)30-24(34)22(19)33)21(16-7-3-1-4-8-16)17-9-5-2-6-10-17/h1-10,15,19,21-22,29,33H,11-14H2,(H,30,34). The van der Waals surface area contributed by atoms with E-state index in [-0.39, 0.29) is 17.3 Å². The van der Waals surface area contributed by atoms with Crippen LogP contribution >= 0.6 is 0 Å². The quantitative estimate of drug-likeness (QED) is 0.540. The van der Waals surface area contributed by atoms with Gasteiger partial charge in [0.25, 0.3) is 5.91 Å². The zero-order valence-corrected chi connectivity index (χ0v) is 18.3. The third-order valence-electron chi connectivity index (χ3n) is 6.67. The van der Waals surface area contributed by atoms with Crippen molar-refractivity contribution in [2.45, 2.75) is 43.0 Å². The van der Waals surface area contributed by atoms with Crippen LogP contribution in [0.5, 0.6) is 0 Å². The SMILES string of the molecule is O=C1Nc2c(c(C3CCNCC3)nn2C(c2ccccc2)c2ccccc2)C(C(F)(F)F)C1O. The van der Waals surface area contributed by atoms with Crippen LogP contribution in [0.1, 0.15) is 53.1 Å². The van der Waals surface area contributed by atoms with Crippen molar-refractivity contribution in [2.24, 2.45) is 0 Å². The van der Waals surface area contributed by atoms with Gasteiger partial charge in [-0.2, -0.15) is 18.3 Å². The van der Waals surface area contributed by atoms with Crippen molar-refractivity contribution in [3.63, 3.8) is 0 Å². The molecule has 0 aliphatic carbocycles. The maximum absolute atomic E-state index is 14.3. The van der Waals surface area contributed by atoms with E-state index in [0.29, 0.717) is 31.6 Å². The fourth-order valence-corrected chi connectivity index (χ4v) is 5.07. The number of aliphatic hydroxyl groups is 1. The number of fused-ring (bicyclic) bond motifs is 1. The van der Waals surface area contributed by atoms with Crippen molar-refractivity contribution in [1.29, 1.82) is 0 Å². The molecule has 5 rings (SSSR count). The Hall–Kier alpha value is -3.17. The zero-order valence-electron chi connectivity index (χ0n) is 18.3. The minimum atomic E-state index is -4.81. The molecule has 2 aliphatic rings. The molecule has 0 bridgehead atoms. The molecule has 0 radical (unpaired) electrons. The van der Waals surface area contributed by atoms with Gasteiger partial charge in [-0.3, -0.25) is 4.79 Å². The smallest absolute Gasteiger partial charge is 0.382 e. The van der Waals surface area contributed by atoms with Crippen molar-refractivity contribution in [1.82, 2.24) is 15.1 Å². The van der Waals surface area contributed by atoms with Gasteiger partial charge in [-0.1, -0.05) is 60.7 Å². The van der Waals surface area contributed by atoms with Crippen LogP contribution < -0.4 is 10.6 Å². The lowest BCUT2D eigenvalue weighted by molar-refractivity contribution is -0.177. The molecule has 1 saturated heterocycles. The number of rotatable bonds is 4. The normalized spacial score (nSPS) is 21.4. The van der Waals surface area contributed by atoms with Gasteiger partial charge in [-0.15, -0.1) is 0 Å². The summed E-state index contributed by atoms with van der Waals surface area (Å²) < 4.78 is 44.3. The minimum Gasteiger partial charge on any atom is -0.382 e. The van der Waals surface area contributed by atoms with E-state index in [9.17, 15) is 23.1 Å². The predicted molar refractivity (Wildman–Crippen MR) is 121 cm³/mol. The Labute approximate surface area is 194 Å². The Bertz CT molecular complexity index is 1120. The van der Waals surface area contributed by atoms with Gasteiger partial charge in [0.2, 0.25) is 0 Å². The average molecular weight is 470 g/mol. The summed E-state index contributed by atoms with van der Waals surface area (Å²) in [7, 11) is 0. The molecule has 1 amide bonds. The third-order valence-corrected chi connectivity index (χ3v) is 6.67. The first-order chi connectivity index (χ1) is 16.4. The number of aromatic nitrogens is 2. The van der Waals surface area contributed by atoms with E-state index < -0.39 is 30.1 Å². The molecule has 0 saturated carbocycles. The number of halogens is 3. The molecule has 2 aliphatic heterocycles. The fourth-order valence-electron chi connectivity index (χ4n) is 5.07. The number of nitrogens with one attached hydrogen (secondary N) is 2. The van der Waals surface area contributed by atoms with Crippen molar-refractivity contribution >= 4 is 11.7 Å². The molecule has 2 aromatic carbocycles. The summed E-state index contributed by atoms with van der Waals surface area (Å²) >= 11 is 0. The van der Waals surface area contributed by atoms with E-state index in [1.165, 1.54) is 4.68 Å². The van der Waals surface area contributed by atoms with Gasteiger partial charge in [0, 0.05) is 11.5 Å². The number of carbonyl (C=O) groups excluding carboxylic acids is 1. The molecule has 2 unspecified atom stereocenters. The first-order valence-corrected chi connectivity index (χ1v) is 11.3. The maximum Gasteiger partial charge on any atom is 0.398 e. The number of piperidine rings is 1. The van der Waals surface area contributed by atoms with E-state index in [2.05, 4.69) is 10.6 Å². The molecular weight excluding hydrogens is 445 g/mol. The van der Waals surface area contributed by atoms with E-state index in [4.69, 9.17) is 5.10 Å². The van der Waals surface area contributed by atoms with Gasteiger partial charge in [0.15, 0.2) is 0 Å². The molecule has 9 heteroatoms. The molecule has 3 heterocycles. The van der Waals surface area contributed by atoms with E-state index in [0.717, 1.165) is 11.1 Å². The first-order valence-electron chi connectivity index (χ1n) is 11.3. The largest absolute Gasteiger partial charge is 0.398 e. The van der Waals surface area contributed by atoms with Crippen molar-refractivity contribution in [3.8, 4) is 0 Å². The zero-order chi connectivity index (χ0) is 23.9. The summed E-state index contributed by atoms with van der Waals surface area (Å²) in [4.78, 5) is 12.5. The summed E-state index contributed by atoms with van der Waals surface area (Å²) in [5.41, 5.74) is 1.82. The monoisotopic (exact) mass is 470 g/mol. The van der Waals surface area contributed by atoms with Gasteiger partial charge in [-0.05, 0) is 37.1 Å². The number of alkyl halides is 3. The molecule has 1 fully saturated rings. The molecule has 6 nitrogen and oxygen atoms in total. The summed E-state index contributed by atoms with van der Waals surface area (Å²) in [6.07, 6.45) is -5.78. The molecule has 3 aromatic rings. The van der Waals surface area contributed by atoms with Crippen LogP contribution in [0.25, 0.3) is 0 Å². The number of nitrogens with zero attached hydrogens (tertiary/aromatic N) is 2. The van der Waals surface area contributed by atoms with Crippen LogP contribution in [0.3, 0.4) is 0 Å². The molecule has 1 aromatic heterocycles. The van der Waals surface area contributed by atoms with Gasteiger partial charge in [0.1, 0.15) is 23.9 Å². The van der Waals surface area contributed by atoms with Crippen LogP contribution in [0, 0.1) is 0 Å². The molecule has 178 valence electrons. The highest BCUT2D eigenvalue weighted by atomic mass is 19.4. The van der Waals surface area contributed by atoms with Gasteiger partial charge < -0.3 is 15.7 Å². The highest BCUT2D eigenvalue weighted by molar-refractivity contribution is 5.97. The van der Waals surface area contributed by atoms with Crippen molar-refractivity contribution in [2.75, 3.05) is 18.4 Å². The highest BCUT2D eigenvalue weighted by Gasteiger charge is 2.54. The highest BCUT2D eigenvalue weighted by Crippen LogP contribution is 2.49. The van der Waals surface area contributed by atoms with Crippen LogP contribution in [0.4, 0.5) is 19.0 Å². The predicted octanol–water partition coefficient (Wildman–Crippen LogP) is 3.95. The maximum atomic E-state index is 14.3. The minimum absolute atomic E-state index is 0.00358. The van der Waals surface area contributed by atoms with Crippen molar-refractivity contribution in [3.05, 3.63) is 83.0 Å². The summed E-state index contributed by atoms with van der Waals surface area (Å²) in [5, 5.41) is 20.9. The second-order valence-corrected chi connectivity index (χ2v) is 8.79. The Morgan fingerprint density at radius 2 is 1.53 bits per heavy atom. The Kier molecular flexibility index (Phi) is 5.91. The Morgan fingerprint density at radius 1 is 0.971 bits per heavy atom. The number of hydrogen-bond donors (Lipinski definition) is 3. The topological polar surface area (TPSA) is 79.2 Å². The van der Waals surface area contributed by atoms with E-state index >= 15 is 0 Å². The summed E-state index contributed by atoms with van der Waals surface area (Å²) in [5.74, 6) is -3.62. The summed E-state index contributed by atoms with van der Waals surface area (Å²) in [6.45, 7) is 1.33. The van der Waals surface area contributed by atoms with Crippen molar-refractivity contribution < 1.29 is 23.1 Å². The fraction of sp³-hybridized carbons (Fsp3) is 0.360. The van der Waals surface area contributed by atoms with Gasteiger partial charge in [0.05, 0.1) is 5.69 Å². The number of anilines is 1. The van der Waals surface area contributed by atoms with Crippen LogP contribution in [0.2, 0.25) is 0 Å². The average Bonchev–Trinajstić information content (AvgIpc) is 3.19. The molecule has 2 atom stereocenters. The molecular formula is C25H25F3N4O2. The number of carbonyl (C=O) groups is 1. The Balaban J connectivity index is 1.77. The molecule has 34 heavy (non-hydrogen) atoms. The van der Waals surface area contributed by atoms with Gasteiger partial charge >= 0.3 is 6.18 Å². The van der Waals surface area contributed by atoms with Crippen LogP contribution in [-0.4, -0.2) is 46.2 Å². The lowest BCUT2D eigenvalue weighted by Gasteiger charge is -2.32. The first kappa shape index (κ1) is 22.6. The Morgan fingerprint density at radius 3 is 2.06 bits per heavy atom. The number of aliphatic hydroxyl groups excluding tert-OH is 1. The number of amides is 1. The van der Waals surface area contributed by atoms with Gasteiger partial charge in [-0.25, -0.2) is 4.68 Å². The second kappa shape index (κ2) is 8.88. The third kappa shape index (κ3) is 3.99. The number of hydrogen-bond acceptors (Lipinski definition) is 4. The van der Waals surface area contributed by atoms with E-state index in [1.54, 1.807) is 0 Å². The lowest BCUT2D eigenvalue weighted by Crippen LogP contribution is -2.45. The molecule has 3 N–H and O–H groups in total. The lowest BCUT2D eigenvalue weighted by atomic mass is 9.83. The van der Waals surface area contributed by atoms with Crippen LogP contribution in [-0.2, 0) is 4.79 Å². The second-order valence-electron chi connectivity index (χ2n) is 8.79.